The van der Waals surface area contributed by atoms with Gasteiger partial charge in [-0.1, -0.05) is 13.8 Å². The molecule has 1 unspecified atom stereocenters. The van der Waals surface area contributed by atoms with E-state index in [-0.39, 0.29) is 23.5 Å². The van der Waals surface area contributed by atoms with Gasteiger partial charge in [0.15, 0.2) is 0 Å². The smallest absolute Gasteiger partial charge is 0.329 e. The highest BCUT2D eigenvalue weighted by Crippen LogP contribution is 2.22. The fourth-order valence-corrected chi connectivity index (χ4v) is 2.10. The molecule has 8 heteroatoms. The second kappa shape index (κ2) is 8.35. The molecule has 0 radical (unpaired) electrons. The van der Waals surface area contributed by atoms with Gasteiger partial charge in [-0.3, -0.25) is 10.1 Å². The third-order valence-electron chi connectivity index (χ3n) is 3.37. The highest BCUT2D eigenvalue weighted by molar-refractivity contribution is 5.56. The van der Waals surface area contributed by atoms with Crippen molar-refractivity contribution in [2.75, 3.05) is 30.7 Å². The average Bonchev–Trinajstić information content (AvgIpc) is 2.43. The number of rotatable bonds is 9. The standard InChI is InChI=1S/C13H24N6O2/c1-4-18(5-2)8-6-7-10(3)16-12-11(19(20)21)9-15-13(14)17-12/h9-10H,4-8H2,1-3H3,(H3,14,15,16,17). The lowest BCUT2D eigenvalue weighted by Crippen LogP contribution is -2.26. The number of nitro groups is 1. The minimum Gasteiger partial charge on any atom is -0.368 e. The molecule has 1 rings (SSSR count). The Bertz CT molecular complexity index is 464. The molecule has 0 saturated heterocycles. The first-order valence-corrected chi connectivity index (χ1v) is 7.23. The predicted octanol–water partition coefficient (Wildman–Crippen LogP) is 1.89. The Morgan fingerprint density at radius 1 is 1.48 bits per heavy atom. The van der Waals surface area contributed by atoms with E-state index in [0.717, 1.165) is 38.7 Å². The largest absolute Gasteiger partial charge is 0.368 e. The lowest BCUT2D eigenvalue weighted by atomic mass is 10.1. The zero-order valence-electron chi connectivity index (χ0n) is 12.9. The van der Waals surface area contributed by atoms with E-state index in [1.807, 2.05) is 6.92 Å². The molecular weight excluding hydrogens is 272 g/mol. The van der Waals surface area contributed by atoms with Gasteiger partial charge in [-0.15, -0.1) is 0 Å². The van der Waals surface area contributed by atoms with Crippen molar-refractivity contribution in [2.45, 2.75) is 39.7 Å². The van der Waals surface area contributed by atoms with Gasteiger partial charge < -0.3 is 16.0 Å². The Morgan fingerprint density at radius 2 is 2.14 bits per heavy atom. The zero-order valence-corrected chi connectivity index (χ0v) is 12.9. The Kier molecular flexibility index (Phi) is 6.80. The molecule has 8 nitrogen and oxygen atoms in total. The van der Waals surface area contributed by atoms with Gasteiger partial charge in [0.05, 0.1) is 4.92 Å². The lowest BCUT2D eigenvalue weighted by molar-refractivity contribution is -0.384. The quantitative estimate of drug-likeness (QED) is 0.528. The zero-order chi connectivity index (χ0) is 15.8. The molecule has 0 spiro atoms. The van der Waals surface area contributed by atoms with Crippen LogP contribution in [0.25, 0.3) is 0 Å². The predicted molar refractivity (Wildman–Crippen MR) is 83.2 cm³/mol. The van der Waals surface area contributed by atoms with Crippen LogP contribution in [0.5, 0.6) is 0 Å². The summed E-state index contributed by atoms with van der Waals surface area (Å²) in [4.78, 5) is 20.3. The van der Waals surface area contributed by atoms with Crippen LogP contribution >= 0.6 is 0 Å². The van der Waals surface area contributed by atoms with Crippen LogP contribution in [-0.4, -0.2) is 45.5 Å². The fraction of sp³-hybridized carbons (Fsp3) is 0.692. The fourth-order valence-electron chi connectivity index (χ4n) is 2.10. The van der Waals surface area contributed by atoms with Crippen molar-refractivity contribution in [1.82, 2.24) is 14.9 Å². The minimum absolute atomic E-state index is 0.0263. The molecule has 118 valence electrons. The van der Waals surface area contributed by atoms with Crippen molar-refractivity contribution in [3.8, 4) is 0 Å². The molecule has 0 aliphatic carbocycles. The second-order valence-corrected chi connectivity index (χ2v) is 4.93. The van der Waals surface area contributed by atoms with Gasteiger partial charge in [0, 0.05) is 6.04 Å². The molecule has 0 aliphatic rings. The summed E-state index contributed by atoms with van der Waals surface area (Å²) in [6, 6.07) is 0.0774. The van der Waals surface area contributed by atoms with Crippen molar-refractivity contribution < 1.29 is 4.92 Å². The third kappa shape index (κ3) is 5.50. The van der Waals surface area contributed by atoms with Gasteiger partial charge in [0.1, 0.15) is 6.20 Å². The van der Waals surface area contributed by atoms with Crippen LogP contribution in [0.1, 0.15) is 33.6 Å². The van der Waals surface area contributed by atoms with Crippen LogP contribution in [0.4, 0.5) is 17.5 Å². The van der Waals surface area contributed by atoms with Gasteiger partial charge in [-0.2, -0.15) is 4.98 Å². The molecule has 0 aromatic carbocycles. The molecule has 0 bridgehead atoms. The molecule has 0 saturated carbocycles. The first-order chi connectivity index (χ1) is 9.97. The van der Waals surface area contributed by atoms with Crippen LogP contribution in [-0.2, 0) is 0 Å². The van der Waals surface area contributed by atoms with Crippen molar-refractivity contribution in [3.05, 3.63) is 16.3 Å². The second-order valence-electron chi connectivity index (χ2n) is 4.93. The van der Waals surface area contributed by atoms with Gasteiger partial charge in [-0.25, -0.2) is 4.98 Å². The van der Waals surface area contributed by atoms with Gasteiger partial charge in [0.25, 0.3) is 0 Å². The number of nitrogens with two attached hydrogens (primary N) is 1. The number of hydrogen-bond acceptors (Lipinski definition) is 7. The van der Waals surface area contributed by atoms with E-state index in [4.69, 9.17) is 5.73 Å². The van der Waals surface area contributed by atoms with E-state index >= 15 is 0 Å². The number of nitrogen functional groups attached to an aromatic ring is 1. The summed E-state index contributed by atoms with van der Waals surface area (Å²) in [7, 11) is 0. The molecule has 1 aromatic heterocycles. The molecule has 0 amide bonds. The number of nitrogens with one attached hydrogen (secondary N) is 1. The van der Waals surface area contributed by atoms with E-state index in [2.05, 4.69) is 34.0 Å². The summed E-state index contributed by atoms with van der Waals surface area (Å²) in [6.07, 6.45) is 3.05. The normalized spacial score (nSPS) is 12.4. The monoisotopic (exact) mass is 296 g/mol. The van der Waals surface area contributed by atoms with E-state index in [9.17, 15) is 10.1 Å². The summed E-state index contributed by atoms with van der Waals surface area (Å²) >= 11 is 0. The summed E-state index contributed by atoms with van der Waals surface area (Å²) in [5.41, 5.74) is 5.33. The van der Waals surface area contributed by atoms with Crippen molar-refractivity contribution in [1.29, 1.82) is 0 Å². The van der Waals surface area contributed by atoms with Crippen LogP contribution in [0.15, 0.2) is 6.20 Å². The SMILES string of the molecule is CCN(CC)CCCC(C)Nc1nc(N)ncc1[N+](=O)[O-]. The maximum Gasteiger partial charge on any atom is 0.329 e. The summed E-state index contributed by atoms with van der Waals surface area (Å²) < 4.78 is 0. The molecule has 0 aliphatic heterocycles. The Labute approximate surface area is 124 Å². The van der Waals surface area contributed by atoms with Gasteiger partial charge >= 0.3 is 5.69 Å². The molecule has 1 aromatic rings. The topological polar surface area (TPSA) is 110 Å². The maximum absolute atomic E-state index is 10.9. The van der Waals surface area contributed by atoms with Crippen LogP contribution in [0.2, 0.25) is 0 Å². The van der Waals surface area contributed by atoms with Crippen LogP contribution in [0.3, 0.4) is 0 Å². The highest BCUT2D eigenvalue weighted by atomic mass is 16.6. The molecule has 1 heterocycles. The molecule has 0 fully saturated rings. The number of anilines is 2. The number of hydrogen-bond donors (Lipinski definition) is 2. The van der Waals surface area contributed by atoms with E-state index in [1.54, 1.807) is 0 Å². The van der Waals surface area contributed by atoms with E-state index in [0.29, 0.717) is 0 Å². The average molecular weight is 296 g/mol. The minimum atomic E-state index is -0.510. The summed E-state index contributed by atoms with van der Waals surface area (Å²) in [6.45, 7) is 9.34. The highest BCUT2D eigenvalue weighted by Gasteiger charge is 2.18. The van der Waals surface area contributed by atoms with Crippen LogP contribution < -0.4 is 11.1 Å². The number of aromatic nitrogens is 2. The Morgan fingerprint density at radius 3 is 2.71 bits per heavy atom. The molecule has 21 heavy (non-hydrogen) atoms. The van der Waals surface area contributed by atoms with Crippen molar-refractivity contribution >= 4 is 17.5 Å². The molecular formula is C13H24N6O2. The van der Waals surface area contributed by atoms with Gasteiger partial charge in [0.2, 0.25) is 11.8 Å². The first kappa shape index (κ1) is 17.1. The van der Waals surface area contributed by atoms with E-state index in [1.165, 1.54) is 0 Å². The first-order valence-electron chi connectivity index (χ1n) is 7.23. The summed E-state index contributed by atoms with van der Waals surface area (Å²) in [5, 5.41) is 14.0. The van der Waals surface area contributed by atoms with Crippen LogP contribution in [0, 0.1) is 10.1 Å². The summed E-state index contributed by atoms with van der Waals surface area (Å²) in [5.74, 6) is 0.210. The van der Waals surface area contributed by atoms with Crippen molar-refractivity contribution in [2.24, 2.45) is 0 Å². The Balaban J connectivity index is 2.56. The number of nitrogens with zero attached hydrogens (tertiary/aromatic N) is 4. The lowest BCUT2D eigenvalue weighted by Gasteiger charge is -2.20. The van der Waals surface area contributed by atoms with Gasteiger partial charge in [-0.05, 0) is 39.4 Å². The third-order valence-corrected chi connectivity index (χ3v) is 3.37. The Hall–Kier alpha value is -1.96. The maximum atomic E-state index is 10.9. The van der Waals surface area contributed by atoms with Crippen molar-refractivity contribution in [3.63, 3.8) is 0 Å². The molecule has 3 N–H and O–H groups in total. The van der Waals surface area contributed by atoms with E-state index < -0.39 is 4.92 Å². The molecule has 1 atom stereocenters.